The standard InChI is InChI=1S/C19H16N4O5S2/c1-12(20-18(24)15-4-2-10-27-15)19-21-17(22-28-19)13-6-8-14(9-7-13)23-30(25,26)16-5-3-11-29-16/h2-12,23H,1H3,(H,20,24). The summed E-state index contributed by atoms with van der Waals surface area (Å²) in [5.41, 5.74) is 1.04. The maximum absolute atomic E-state index is 12.3. The lowest BCUT2D eigenvalue weighted by molar-refractivity contribution is 0.0904. The fraction of sp³-hybridized carbons (Fsp3) is 0.105. The van der Waals surface area contributed by atoms with Gasteiger partial charge >= 0.3 is 0 Å². The van der Waals surface area contributed by atoms with E-state index in [1.54, 1.807) is 54.8 Å². The van der Waals surface area contributed by atoms with Crippen LogP contribution in [0.25, 0.3) is 11.4 Å². The van der Waals surface area contributed by atoms with Crippen molar-refractivity contribution in [3.63, 3.8) is 0 Å². The fourth-order valence-electron chi connectivity index (χ4n) is 2.57. The fourth-order valence-corrected chi connectivity index (χ4v) is 4.63. The maximum atomic E-state index is 12.3. The Bertz CT molecular complexity index is 1230. The van der Waals surface area contributed by atoms with Crippen molar-refractivity contribution < 1.29 is 22.2 Å². The molecule has 3 aromatic heterocycles. The van der Waals surface area contributed by atoms with E-state index < -0.39 is 22.0 Å². The van der Waals surface area contributed by atoms with Crippen LogP contribution in [0.5, 0.6) is 0 Å². The van der Waals surface area contributed by atoms with Crippen LogP contribution in [0.1, 0.15) is 29.4 Å². The number of benzene rings is 1. The van der Waals surface area contributed by atoms with Crippen molar-refractivity contribution in [3.8, 4) is 11.4 Å². The van der Waals surface area contributed by atoms with Crippen LogP contribution in [-0.2, 0) is 10.0 Å². The molecular weight excluding hydrogens is 428 g/mol. The first kappa shape index (κ1) is 19.9. The number of carbonyl (C=O) groups excluding carboxylic acids is 1. The summed E-state index contributed by atoms with van der Waals surface area (Å²) >= 11 is 1.14. The maximum Gasteiger partial charge on any atom is 0.287 e. The van der Waals surface area contributed by atoms with Crippen molar-refractivity contribution in [3.05, 3.63) is 71.8 Å². The molecule has 0 bridgehead atoms. The first-order valence-electron chi connectivity index (χ1n) is 8.77. The van der Waals surface area contributed by atoms with Gasteiger partial charge in [0.2, 0.25) is 11.7 Å². The molecule has 0 fully saturated rings. The smallest absolute Gasteiger partial charge is 0.287 e. The number of aromatic nitrogens is 2. The average Bonchev–Trinajstić information content (AvgIpc) is 3.51. The minimum absolute atomic E-state index is 0.183. The predicted octanol–water partition coefficient (Wildman–Crippen LogP) is 3.68. The molecular formula is C19H16N4O5S2. The van der Waals surface area contributed by atoms with Gasteiger partial charge in [0.15, 0.2) is 5.76 Å². The summed E-state index contributed by atoms with van der Waals surface area (Å²) in [6.07, 6.45) is 1.41. The molecule has 154 valence electrons. The molecule has 11 heteroatoms. The Morgan fingerprint density at radius 3 is 2.60 bits per heavy atom. The third kappa shape index (κ3) is 4.26. The van der Waals surface area contributed by atoms with Crippen LogP contribution in [-0.4, -0.2) is 24.5 Å². The number of nitrogens with zero attached hydrogens (tertiary/aromatic N) is 2. The van der Waals surface area contributed by atoms with Crippen molar-refractivity contribution in [2.75, 3.05) is 4.72 Å². The summed E-state index contributed by atoms with van der Waals surface area (Å²) in [6.45, 7) is 1.71. The Balaban J connectivity index is 1.44. The second kappa shape index (κ2) is 8.13. The van der Waals surface area contributed by atoms with E-state index in [1.165, 1.54) is 12.3 Å². The van der Waals surface area contributed by atoms with Crippen LogP contribution >= 0.6 is 11.3 Å². The van der Waals surface area contributed by atoms with E-state index in [0.717, 1.165) is 11.3 Å². The van der Waals surface area contributed by atoms with Gasteiger partial charge in [0.25, 0.3) is 15.9 Å². The molecule has 1 amide bonds. The number of hydrogen-bond donors (Lipinski definition) is 2. The van der Waals surface area contributed by atoms with Gasteiger partial charge in [-0.2, -0.15) is 4.98 Å². The van der Waals surface area contributed by atoms with E-state index in [0.29, 0.717) is 17.1 Å². The molecule has 0 aliphatic heterocycles. The monoisotopic (exact) mass is 444 g/mol. The summed E-state index contributed by atoms with van der Waals surface area (Å²) in [7, 11) is -3.61. The Morgan fingerprint density at radius 1 is 1.13 bits per heavy atom. The van der Waals surface area contributed by atoms with Crippen molar-refractivity contribution in [1.82, 2.24) is 15.5 Å². The Morgan fingerprint density at radius 2 is 1.93 bits per heavy atom. The summed E-state index contributed by atoms with van der Waals surface area (Å²) < 4.78 is 37.6. The van der Waals surface area contributed by atoms with Gasteiger partial charge in [-0.15, -0.1) is 11.3 Å². The number of carbonyl (C=O) groups is 1. The van der Waals surface area contributed by atoms with E-state index in [4.69, 9.17) is 8.94 Å². The van der Waals surface area contributed by atoms with E-state index >= 15 is 0 Å². The molecule has 1 atom stereocenters. The number of anilines is 1. The molecule has 4 rings (SSSR count). The van der Waals surface area contributed by atoms with Gasteiger partial charge < -0.3 is 14.3 Å². The summed E-state index contributed by atoms with van der Waals surface area (Å²) in [6, 6.07) is 12.4. The molecule has 4 aromatic rings. The molecule has 0 aliphatic rings. The molecule has 1 unspecified atom stereocenters. The van der Waals surface area contributed by atoms with Crippen molar-refractivity contribution in [2.45, 2.75) is 17.2 Å². The number of rotatable bonds is 7. The first-order valence-corrected chi connectivity index (χ1v) is 11.1. The highest BCUT2D eigenvalue weighted by atomic mass is 32.2. The molecule has 0 spiro atoms. The topological polar surface area (TPSA) is 127 Å². The summed E-state index contributed by atoms with van der Waals surface area (Å²) in [5, 5.41) is 8.33. The van der Waals surface area contributed by atoms with Gasteiger partial charge in [0, 0.05) is 11.3 Å². The lowest BCUT2D eigenvalue weighted by atomic mass is 10.2. The van der Waals surface area contributed by atoms with Gasteiger partial charge in [0.05, 0.1) is 6.26 Å². The number of nitrogens with one attached hydrogen (secondary N) is 2. The highest BCUT2D eigenvalue weighted by molar-refractivity contribution is 7.94. The quantitative estimate of drug-likeness (QED) is 0.445. The second-order valence-corrected chi connectivity index (χ2v) is 9.10. The summed E-state index contributed by atoms with van der Waals surface area (Å²) in [5.74, 6) is 0.334. The minimum atomic E-state index is -3.61. The Kier molecular flexibility index (Phi) is 5.38. The zero-order chi connectivity index (χ0) is 21.1. The molecule has 2 N–H and O–H groups in total. The Hall–Kier alpha value is -3.44. The van der Waals surface area contributed by atoms with Crippen molar-refractivity contribution in [2.24, 2.45) is 0 Å². The Labute approximate surface area is 175 Å². The normalized spacial score (nSPS) is 12.4. The lowest BCUT2D eigenvalue weighted by Crippen LogP contribution is -2.26. The third-order valence-electron chi connectivity index (χ3n) is 4.06. The van der Waals surface area contributed by atoms with Gasteiger partial charge in [-0.25, -0.2) is 8.42 Å². The van der Waals surface area contributed by atoms with E-state index in [1.807, 2.05) is 0 Å². The van der Waals surface area contributed by atoms with Crippen LogP contribution in [0, 0.1) is 0 Å². The molecule has 3 heterocycles. The molecule has 0 aliphatic carbocycles. The molecule has 9 nitrogen and oxygen atoms in total. The number of hydrogen-bond acceptors (Lipinski definition) is 8. The lowest BCUT2D eigenvalue weighted by Gasteiger charge is -2.07. The van der Waals surface area contributed by atoms with Crippen LogP contribution < -0.4 is 10.0 Å². The van der Waals surface area contributed by atoms with Crippen LogP contribution in [0.15, 0.2) is 73.3 Å². The first-order chi connectivity index (χ1) is 14.4. The molecule has 0 radical (unpaired) electrons. The predicted molar refractivity (Wildman–Crippen MR) is 109 cm³/mol. The van der Waals surface area contributed by atoms with Crippen LogP contribution in [0.2, 0.25) is 0 Å². The average molecular weight is 444 g/mol. The van der Waals surface area contributed by atoms with Gasteiger partial charge in [-0.1, -0.05) is 11.2 Å². The number of amides is 1. The number of sulfonamides is 1. The largest absolute Gasteiger partial charge is 0.459 e. The van der Waals surface area contributed by atoms with Gasteiger partial charge in [0.1, 0.15) is 10.3 Å². The van der Waals surface area contributed by atoms with Gasteiger partial charge in [-0.3, -0.25) is 9.52 Å². The van der Waals surface area contributed by atoms with Crippen molar-refractivity contribution >= 4 is 33.0 Å². The number of furan rings is 1. The zero-order valence-electron chi connectivity index (χ0n) is 15.6. The van der Waals surface area contributed by atoms with Crippen LogP contribution in [0.3, 0.4) is 0 Å². The third-order valence-corrected chi connectivity index (χ3v) is 6.84. The van der Waals surface area contributed by atoms with Crippen molar-refractivity contribution in [1.29, 1.82) is 0 Å². The highest BCUT2D eigenvalue weighted by Crippen LogP contribution is 2.24. The SMILES string of the molecule is CC(NC(=O)c1ccco1)c1nc(-c2ccc(NS(=O)(=O)c3cccs3)cc2)no1. The van der Waals surface area contributed by atoms with Crippen LogP contribution in [0.4, 0.5) is 5.69 Å². The van der Waals surface area contributed by atoms with E-state index in [9.17, 15) is 13.2 Å². The minimum Gasteiger partial charge on any atom is -0.459 e. The molecule has 0 saturated heterocycles. The summed E-state index contributed by atoms with van der Waals surface area (Å²) in [4.78, 5) is 16.4. The molecule has 0 saturated carbocycles. The second-order valence-electron chi connectivity index (χ2n) is 6.24. The molecule has 30 heavy (non-hydrogen) atoms. The van der Waals surface area contributed by atoms with E-state index in [-0.39, 0.29) is 15.9 Å². The highest BCUT2D eigenvalue weighted by Gasteiger charge is 2.20. The zero-order valence-corrected chi connectivity index (χ0v) is 17.2. The number of thiophene rings is 1. The van der Waals surface area contributed by atoms with Gasteiger partial charge in [-0.05, 0) is 54.8 Å². The van der Waals surface area contributed by atoms with E-state index in [2.05, 4.69) is 20.2 Å². The molecule has 1 aromatic carbocycles.